The van der Waals surface area contributed by atoms with Gasteiger partial charge in [-0.05, 0) is 26.3 Å². The standard InChI is InChI=1S/C14H27N3/c1-4-6-7-8-9-10-13(15)14-11-12(3)16-17(14)5-2/h11,13H,4-10,15H2,1-3H3. The van der Waals surface area contributed by atoms with Crippen molar-refractivity contribution >= 4 is 0 Å². The number of nitrogens with zero attached hydrogens (tertiary/aromatic N) is 2. The van der Waals surface area contributed by atoms with Gasteiger partial charge in [0, 0.05) is 12.6 Å². The van der Waals surface area contributed by atoms with Gasteiger partial charge in [0.2, 0.25) is 0 Å². The zero-order chi connectivity index (χ0) is 12.7. The molecule has 0 radical (unpaired) electrons. The predicted molar refractivity (Wildman–Crippen MR) is 72.9 cm³/mol. The molecule has 0 saturated carbocycles. The van der Waals surface area contributed by atoms with Crippen LogP contribution >= 0.6 is 0 Å². The molecule has 1 aromatic heterocycles. The summed E-state index contributed by atoms with van der Waals surface area (Å²) >= 11 is 0. The number of unbranched alkanes of at least 4 members (excludes halogenated alkanes) is 4. The summed E-state index contributed by atoms with van der Waals surface area (Å²) in [6.07, 6.45) is 7.61. The highest BCUT2D eigenvalue weighted by atomic mass is 15.3. The summed E-state index contributed by atoms with van der Waals surface area (Å²) in [5, 5.41) is 4.44. The third-order valence-corrected chi connectivity index (χ3v) is 3.23. The fourth-order valence-electron chi connectivity index (χ4n) is 2.23. The Morgan fingerprint density at radius 2 is 1.94 bits per heavy atom. The van der Waals surface area contributed by atoms with Gasteiger partial charge in [-0.1, -0.05) is 39.0 Å². The van der Waals surface area contributed by atoms with Crippen LogP contribution in [0, 0.1) is 6.92 Å². The van der Waals surface area contributed by atoms with Crippen LogP contribution in [0.15, 0.2) is 6.07 Å². The molecule has 1 atom stereocenters. The van der Waals surface area contributed by atoms with Crippen molar-refractivity contribution in [1.82, 2.24) is 9.78 Å². The van der Waals surface area contributed by atoms with Crippen LogP contribution in [0.2, 0.25) is 0 Å². The van der Waals surface area contributed by atoms with Crippen molar-refractivity contribution in [1.29, 1.82) is 0 Å². The van der Waals surface area contributed by atoms with Gasteiger partial charge in [-0.25, -0.2) is 0 Å². The molecule has 0 saturated heterocycles. The van der Waals surface area contributed by atoms with Gasteiger partial charge in [-0.2, -0.15) is 5.10 Å². The van der Waals surface area contributed by atoms with E-state index in [0.717, 1.165) is 18.7 Å². The van der Waals surface area contributed by atoms with Crippen molar-refractivity contribution in [3.8, 4) is 0 Å². The average molecular weight is 237 g/mol. The summed E-state index contributed by atoms with van der Waals surface area (Å²) in [6, 6.07) is 2.28. The van der Waals surface area contributed by atoms with Gasteiger partial charge >= 0.3 is 0 Å². The first kappa shape index (κ1) is 14.2. The molecule has 0 aromatic carbocycles. The number of rotatable bonds is 8. The first-order chi connectivity index (χ1) is 8.19. The Morgan fingerprint density at radius 3 is 2.59 bits per heavy atom. The molecule has 1 rings (SSSR count). The number of hydrogen-bond donors (Lipinski definition) is 1. The minimum atomic E-state index is 0.151. The zero-order valence-electron chi connectivity index (χ0n) is 11.6. The minimum absolute atomic E-state index is 0.151. The smallest absolute Gasteiger partial charge is 0.0597 e. The van der Waals surface area contributed by atoms with Gasteiger partial charge in [0.05, 0.1) is 11.4 Å². The molecule has 1 heterocycles. The Balaban J connectivity index is 2.38. The lowest BCUT2D eigenvalue weighted by atomic mass is 10.0. The first-order valence-electron chi connectivity index (χ1n) is 6.99. The van der Waals surface area contributed by atoms with Crippen LogP contribution in [-0.2, 0) is 6.54 Å². The van der Waals surface area contributed by atoms with Crippen molar-refractivity contribution in [2.75, 3.05) is 0 Å². The quantitative estimate of drug-likeness (QED) is 0.702. The lowest BCUT2D eigenvalue weighted by molar-refractivity contribution is 0.511. The van der Waals surface area contributed by atoms with E-state index in [9.17, 15) is 0 Å². The first-order valence-corrected chi connectivity index (χ1v) is 6.99. The number of aryl methyl sites for hydroxylation is 2. The molecule has 17 heavy (non-hydrogen) atoms. The van der Waals surface area contributed by atoms with Crippen molar-refractivity contribution < 1.29 is 0 Å². The predicted octanol–water partition coefficient (Wildman–Crippen LogP) is 3.57. The molecule has 3 nitrogen and oxygen atoms in total. The van der Waals surface area contributed by atoms with Crippen molar-refractivity contribution in [2.24, 2.45) is 5.73 Å². The molecular formula is C14H27N3. The third-order valence-electron chi connectivity index (χ3n) is 3.23. The van der Waals surface area contributed by atoms with E-state index < -0.39 is 0 Å². The normalized spacial score (nSPS) is 12.9. The topological polar surface area (TPSA) is 43.8 Å². The molecule has 2 N–H and O–H groups in total. The second-order valence-electron chi connectivity index (χ2n) is 4.84. The highest BCUT2D eigenvalue weighted by Crippen LogP contribution is 2.19. The lowest BCUT2D eigenvalue weighted by Crippen LogP contribution is -2.15. The van der Waals surface area contributed by atoms with Gasteiger partial charge in [-0.15, -0.1) is 0 Å². The van der Waals surface area contributed by atoms with Crippen LogP contribution in [0.4, 0.5) is 0 Å². The Kier molecular flexibility index (Phi) is 6.27. The second-order valence-corrected chi connectivity index (χ2v) is 4.84. The summed E-state index contributed by atoms with van der Waals surface area (Å²) in [5.74, 6) is 0. The van der Waals surface area contributed by atoms with Gasteiger partial charge in [0.25, 0.3) is 0 Å². The Bertz CT molecular complexity index is 317. The highest BCUT2D eigenvalue weighted by Gasteiger charge is 2.12. The van der Waals surface area contributed by atoms with E-state index in [4.69, 9.17) is 5.73 Å². The molecule has 0 amide bonds. The fourth-order valence-corrected chi connectivity index (χ4v) is 2.23. The van der Waals surface area contributed by atoms with Crippen LogP contribution in [0.5, 0.6) is 0 Å². The van der Waals surface area contributed by atoms with Crippen LogP contribution in [0.1, 0.15) is 69.8 Å². The number of nitrogens with two attached hydrogens (primary N) is 1. The number of hydrogen-bond acceptors (Lipinski definition) is 2. The minimum Gasteiger partial charge on any atom is -0.323 e. The Labute approximate surface area is 105 Å². The van der Waals surface area contributed by atoms with Gasteiger partial charge < -0.3 is 5.73 Å². The van der Waals surface area contributed by atoms with Crippen molar-refractivity contribution in [2.45, 2.75) is 71.9 Å². The van der Waals surface area contributed by atoms with Crippen molar-refractivity contribution in [3.05, 3.63) is 17.5 Å². The summed E-state index contributed by atoms with van der Waals surface area (Å²) in [4.78, 5) is 0. The molecule has 98 valence electrons. The van der Waals surface area contributed by atoms with Crippen LogP contribution in [0.25, 0.3) is 0 Å². The molecule has 0 spiro atoms. The molecule has 0 aliphatic rings. The van der Waals surface area contributed by atoms with E-state index in [1.54, 1.807) is 0 Å². The summed E-state index contributed by atoms with van der Waals surface area (Å²) in [6.45, 7) is 7.30. The van der Waals surface area contributed by atoms with E-state index in [1.807, 2.05) is 11.6 Å². The van der Waals surface area contributed by atoms with Gasteiger partial charge in [-0.3, -0.25) is 4.68 Å². The molecule has 0 bridgehead atoms. The Morgan fingerprint density at radius 1 is 1.24 bits per heavy atom. The van der Waals surface area contributed by atoms with Crippen LogP contribution < -0.4 is 5.73 Å². The third kappa shape index (κ3) is 4.50. The molecule has 0 aliphatic heterocycles. The molecule has 1 unspecified atom stereocenters. The lowest BCUT2D eigenvalue weighted by Gasteiger charge is -2.13. The molecule has 3 heteroatoms. The summed E-state index contributed by atoms with van der Waals surface area (Å²) in [5.41, 5.74) is 8.51. The average Bonchev–Trinajstić information content (AvgIpc) is 2.70. The maximum Gasteiger partial charge on any atom is 0.0597 e. The zero-order valence-corrected chi connectivity index (χ0v) is 11.6. The summed E-state index contributed by atoms with van der Waals surface area (Å²) in [7, 11) is 0. The molecular weight excluding hydrogens is 210 g/mol. The fraction of sp³-hybridized carbons (Fsp3) is 0.786. The van der Waals surface area contributed by atoms with Crippen molar-refractivity contribution in [3.63, 3.8) is 0 Å². The monoisotopic (exact) mass is 237 g/mol. The van der Waals surface area contributed by atoms with E-state index in [0.29, 0.717) is 0 Å². The molecule has 1 aromatic rings. The maximum absolute atomic E-state index is 6.24. The van der Waals surface area contributed by atoms with E-state index >= 15 is 0 Å². The van der Waals surface area contributed by atoms with Gasteiger partial charge in [0.1, 0.15) is 0 Å². The largest absolute Gasteiger partial charge is 0.323 e. The van der Waals surface area contributed by atoms with Crippen LogP contribution in [0.3, 0.4) is 0 Å². The van der Waals surface area contributed by atoms with E-state index in [2.05, 4.69) is 25.0 Å². The van der Waals surface area contributed by atoms with Crippen LogP contribution in [-0.4, -0.2) is 9.78 Å². The van der Waals surface area contributed by atoms with Gasteiger partial charge in [0.15, 0.2) is 0 Å². The summed E-state index contributed by atoms with van der Waals surface area (Å²) < 4.78 is 2.03. The van der Waals surface area contributed by atoms with E-state index in [1.165, 1.54) is 37.8 Å². The second kappa shape index (κ2) is 7.49. The number of aromatic nitrogens is 2. The Hall–Kier alpha value is -0.830. The van der Waals surface area contributed by atoms with E-state index in [-0.39, 0.29) is 6.04 Å². The molecule has 0 aliphatic carbocycles. The maximum atomic E-state index is 6.24. The molecule has 0 fully saturated rings. The highest BCUT2D eigenvalue weighted by molar-refractivity contribution is 5.12. The SMILES string of the molecule is CCCCCCCC(N)c1cc(C)nn1CC.